The van der Waals surface area contributed by atoms with Crippen molar-refractivity contribution in [2.45, 2.75) is 12.5 Å². The fraction of sp³-hybridized carbons (Fsp3) is 0.444. The Morgan fingerprint density at radius 3 is 3.29 bits per heavy atom. The average Bonchev–Trinajstić information content (AvgIpc) is 2.71. The van der Waals surface area contributed by atoms with Crippen LogP contribution in [0.5, 0.6) is 5.88 Å². The molecule has 0 aromatic carbocycles. The molecule has 0 bridgehead atoms. The number of aromatic nitrogens is 2. The molecule has 2 heterocycles. The van der Waals surface area contributed by atoms with Crippen molar-refractivity contribution in [2.24, 2.45) is 0 Å². The van der Waals surface area contributed by atoms with Crippen molar-refractivity contribution in [1.82, 2.24) is 15.3 Å². The fourth-order valence-corrected chi connectivity index (χ4v) is 1.36. The second-order valence-corrected chi connectivity index (χ2v) is 3.06. The lowest BCUT2D eigenvalue weighted by molar-refractivity contribution is 0.213. The van der Waals surface area contributed by atoms with Gasteiger partial charge in [0.1, 0.15) is 12.2 Å². The van der Waals surface area contributed by atoms with E-state index in [1.165, 1.54) is 6.20 Å². The molecule has 0 aliphatic carbocycles. The molecule has 1 N–H and O–H groups in total. The predicted molar refractivity (Wildman–Crippen MR) is 48.6 cm³/mol. The Bertz CT molecular complexity index is 354. The van der Waals surface area contributed by atoms with Crippen molar-refractivity contribution in [2.75, 3.05) is 13.1 Å². The number of nitrogens with zero attached hydrogens (tertiary/aromatic N) is 3. The van der Waals surface area contributed by atoms with Crippen molar-refractivity contribution in [3.63, 3.8) is 0 Å². The van der Waals surface area contributed by atoms with Crippen LogP contribution in [0.25, 0.3) is 0 Å². The van der Waals surface area contributed by atoms with Crippen LogP contribution < -0.4 is 10.1 Å². The van der Waals surface area contributed by atoms with Gasteiger partial charge in [0.2, 0.25) is 11.7 Å². The molecule has 0 amide bonds. The molecule has 0 saturated carbocycles. The highest BCUT2D eigenvalue weighted by atomic mass is 16.5. The number of rotatable bonds is 2. The second kappa shape index (κ2) is 4.03. The van der Waals surface area contributed by atoms with E-state index in [4.69, 9.17) is 10.00 Å². The van der Waals surface area contributed by atoms with Crippen LogP contribution in [-0.4, -0.2) is 29.2 Å². The fourth-order valence-electron chi connectivity index (χ4n) is 1.36. The maximum absolute atomic E-state index is 8.58. The van der Waals surface area contributed by atoms with E-state index in [2.05, 4.69) is 15.3 Å². The van der Waals surface area contributed by atoms with E-state index in [9.17, 15) is 0 Å². The summed E-state index contributed by atoms with van der Waals surface area (Å²) < 4.78 is 5.55. The minimum atomic E-state index is 0.147. The summed E-state index contributed by atoms with van der Waals surface area (Å²) in [5.41, 5.74) is 0. The summed E-state index contributed by atoms with van der Waals surface area (Å²) >= 11 is 0. The van der Waals surface area contributed by atoms with E-state index in [1.54, 1.807) is 6.07 Å². The lowest BCUT2D eigenvalue weighted by atomic mass is 10.3. The topological polar surface area (TPSA) is 70.8 Å². The summed E-state index contributed by atoms with van der Waals surface area (Å²) in [6.07, 6.45) is 2.67. The van der Waals surface area contributed by atoms with Gasteiger partial charge < -0.3 is 10.1 Å². The third kappa shape index (κ3) is 1.98. The van der Waals surface area contributed by atoms with Crippen molar-refractivity contribution < 1.29 is 4.74 Å². The number of ether oxygens (including phenoxy) is 1. The number of hydrogen-bond acceptors (Lipinski definition) is 5. The zero-order valence-corrected chi connectivity index (χ0v) is 7.60. The van der Waals surface area contributed by atoms with E-state index >= 15 is 0 Å². The molecule has 14 heavy (non-hydrogen) atoms. The smallest absolute Gasteiger partial charge is 0.235 e. The zero-order valence-electron chi connectivity index (χ0n) is 7.60. The monoisotopic (exact) mass is 190 g/mol. The first-order valence-electron chi connectivity index (χ1n) is 4.49. The van der Waals surface area contributed by atoms with E-state index in [-0.39, 0.29) is 11.9 Å². The lowest BCUT2D eigenvalue weighted by Gasteiger charge is -2.10. The molecule has 1 aromatic heterocycles. The maximum atomic E-state index is 8.58. The van der Waals surface area contributed by atoms with Gasteiger partial charge in [-0.2, -0.15) is 10.2 Å². The minimum absolute atomic E-state index is 0.147. The average molecular weight is 190 g/mol. The molecule has 1 saturated heterocycles. The standard InChI is InChI=1S/C9H10N4O/c10-5-8-12-4-2-9(13-8)14-7-1-3-11-6-7/h2,4,7,11H,1,3,6H2. The molecule has 1 aromatic rings. The van der Waals surface area contributed by atoms with Gasteiger partial charge in [0.15, 0.2) is 0 Å². The predicted octanol–water partition coefficient (Wildman–Crippen LogP) is 0.0890. The van der Waals surface area contributed by atoms with Gasteiger partial charge in [0.25, 0.3) is 0 Å². The first-order chi connectivity index (χ1) is 6.88. The van der Waals surface area contributed by atoms with Crippen LogP contribution in [0.15, 0.2) is 12.3 Å². The lowest BCUT2D eigenvalue weighted by Crippen LogP contribution is -2.20. The first-order valence-corrected chi connectivity index (χ1v) is 4.49. The first kappa shape index (κ1) is 8.91. The molecule has 1 atom stereocenters. The largest absolute Gasteiger partial charge is 0.473 e. The summed E-state index contributed by atoms with van der Waals surface area (Å²) in [4.78, 5) is 7.70. The maximum Gasteiger partial charge on any atom is 0.235 e. The molecule has 1 unspecified atom stereocenters. The van der Waals surface area contributed by atoms with E-state index in [1.807, 2.05) is 6.07 Å². The van der Waals surface area contributed by atoms with Crippen LogP contribution in [0.4, 0.5) is 0 Å². The Kier molecular flexibility index (Phi) is 2.56. The summed E-state index contributed by atoms with van der Waals surface area (Å²) in [6, 6.07) is 3.54. The van der Waals surface area contributed by atoms with Crippen LogP contribution in [0, 0.1) is 11.3 Å². The highest BCUT2D eigenvalue weighted by Gasteiger charge is 2.16. The van der Waals surface area contributed by atoms with Gasteiger partial charge in [-0.1, -0.05) is 0 Å². The molecule has 1 aliphatic rings. The van der Waals surface area contributed by atoms with E-state index < -0.39 is 0 Å². The van der Waals surface area contributed by atoms with E-state index in [0.717, 1.165) is 19.5 Å². The van der Waals surface area contributed by atoms with Gasteiger partial charge in [-0.15, -0.1) is 0 Å². The summed E-state index contributed by atoms with van der Waals surface area (Å²) in [6.45, 7) is 1.81. The zero-order chi connectivity index (χ0) is 9.80. The summed E-state index contributed by atoms with van der Waals surface area (Å²) in [5.74, 6) is 0.624. The Balaban J connectivity index is 2.05. The summed E-state index contributed by atoms with van der Waals surface area (Å²) in [7, 11) is 0. The Morgan fingerprint density at radius 2 is 2.57 bits per heavy atom. The highest BCUT2D eigenvalue weighted by molar-refractivity contribution is 5.16. The van der Waals surface area contributed by atoms with Gasteiger partial charge in [-0.25, -0.2) is 4.98 Å². The Hall–Kier alpha value is -1.67. The normalized spacial score (nSPS) is 20.4. The van der Waals surface area contributed by atoms with Crippen LogP contribution >= 0.6 is 0 Å². The van der Waals surface area contributed by atoms with Gasteiger partial charge in [-0.05, 0) is 13.0 Å². The SMILES string of the molecule is N#Cc1nccc(OC2CCNC2)n1. The molecule has 0 radical (unpaired) electrons. The third-order valence-electron chi connectivity index (χ3n) is 2.03. The second-order valence-electron chi connectivity index (χ2n) is 3.06. The van der Waals surface area contributed by atoms with Crippen LogP contribution in [0.1, 0.15) is 12.2 Å². The van der Waals surface area contributed by atoms with Crippen LogP contribution in [-0.2, 0) is 0 Å². The molecular formula is C9H10N4O. The number of nitriles is 1. The summed E-state index contributed by atoms with van der Waals surface area (Å²) in [5, 5.41) is 11.8. The van der Waals surface area contributed by atoms with Crippen molar-refractivity contribution in [3.05, 3.63) is 18.1 Å². The van der Waals surface area contributed by atoms with Crippen LogP contribution in [0.2, 0.25) is 0 Å². The number of nitrogens with one attached hydrogen (secondary N) is 1. The van der Waals surface area contributed by atoms with Gasteiger partial charge >= 0.3 is 0 Å². The van der Waals surface area contributed by atoms with E-state index in [0.29, 0.717) is 5.88 Å². The van der Waals surface area contributed by atoms with Crippen molar-refractivity contribution in [3.8, 4) is 11.9 Å². The Morgan fingerprint density at radius 1 is 1.64 bits per heavy atom. The molecule has 5 nitrogen and oxygen atoms in total. The minimum Gasteiger partial charge on any atom is -0.473 e. The van der Waals surface area contributed by atoms with Gasteiger partial charge in [-0.3, -0.25) is 0 Å². The molecule has 5 heteroatoms. The van der Waals surface area contributed by atoms with Crippen LogP contribution in [0.3, 0.4) is 0 Å². The van der Waals surface area contributed by atoms with Gasteiger partial charge in [0.05, 0.1) is 0 Å². The molecule has 2 rings (SSSR count). The van der Waals surface area contributed by atoms with Crippen molar-refractivity contribution >= 4 is 0 Å². The molecule has 1 aliphatic heterocycles. The Labute approximate surface area is 81.7 Å². The molecule has 0 spiro atoms. The molecule has 1 fully saturated rings. The van der Waals surface area contributed by atoms with Crippen molar-refractivity contribution in [1.29, 1.82) is 5.26 Å². The molecular weight excluding hydrogens is 180 g/mol. The molecule has 72 valence electrons. The van der Waals surface area contributed by atoms with Gasteiger partial charge in [0, 0.05) is 18.8 Å². The quantitative estimate of drug-likeness (QED) is 0.715. The number of hydrogen-bond donors (Lipinski definition) is 1. The highest BCUT2D eigenvalue weighted by Crippen LogP contribution is 2.10. The third-order valence-corrected chi connectivity index (χ3v) is 2.03.